The lowest BCUT2D eigenvalue weighted by molar-refractivity contribution is -0.384. The number of hydrogen-bond acceptors (Lipinski definition) is 4. The zero-order valence-electron chi connectivity index (χ0n) is 16.4. The molecular formula is C20H20ClF2N3O4. The van der Waals surface area contributed by atoms with Crippen LogP contribution < -0.4 is 10.6 Å². The van der Waals surface area contributed by atoms with Gasteiger partial charge in [0.2, 0.25) is 5.91 Å². The second-order valence-electron chi connectivity index (χ2n) is 7.01. The van der Waals surface area contributed by atoms with Crippen LogP contribution in [0.15, 0.2) is 36.4 Å². The smallest absolute Gasteiger partial charge is 0.270 e. The standard InChI is InChI=1S/C20H20ClF2N3O4/c1-10(2)18(20(28)24-11(3)14-6-4-12(22)8-17(14)23)25-19(27)15-7-5-13(26(29)30)9-16(15)21/h4-11,18H,1-3H3,(H,24,28)(H,25,27). The number of nitrogens with one attached hydrogen (secondary N) is 2. The van der Waals surface area contributed by atoms with Crippen molar-refractivity contribution in [1.29, 1.82) is 0 Å². The minimum absolute atomic E-state index is 0.0293. The fourth-order valence-corrected chi connectivity index (χ4v) is 3.05. The number of halogens is 3. The van der Waals surface area contributed by atoms with Gasteiger partial charge >= 0.3 is 0 Å². The quantitative estimate of drug-likeness (QED) is 0.499. The molecule has 160 valence electrons. The lowest BCUT2D eigenvalue weighted by Crippen LogP contribution is -2.50. The minimum Gasteiger partial charge on any atom is -0.348 e. The maximum Gasteiger partial charge on any atom is 0.270 e. The molecule has 2 aromatic rings. The van der Waals surface area contributed by atoms with Crippen molar-refractivity contribution in [1.82, 2.24) is 10.6 Å². The van der Waals surface area contributed by atoms with Gasteiger partial charge in [-0.3, -0.25) is 19.7 Å². The normalized spacial score (nSPS) is 12.9. The zero-order chi connectivity index (χ0) is 22.6. The van der Waals surface area contributed by atoms with Crippen molar-refractivity contribution in [2.24, 2.45) is 5.92 Å². The molecule has 0 spiro atoms. The Balaban J connectivity index is 2.16. The lowest BCUT2D eigenvalue weighted by Gasteiger charge is -2.24. The number of amides is 2. The molecule has 0 saturated carbocycles. The predicted molar refractivity (Wildman–Crippen MR) is 107 cm³/mol. The summed E-state index contributed by atoms with van der Waals surface area (Å²) < 4.78 is 27.0. The Morgan fingerprint density at radius 2 is 1.73 bits per heavy atom. The van der Waals surface area contributed by atoms with Crippen LogP contribution in [0.3, 0.4) is 0 Å². The van der Waals surface area contributed by atoms with Crippen molar-refractivity contribution in [2.45, 2.75) is 32.9 Å². The summed E-state index contributed by atoms with van der Waals surface area (Å²) in [6, 6.07) is 4.63. The van der Waals surface area contributed by atoms with Crippen LogP contribution in [-0.2, 0) is 4.79 Å². The van der Waals surface area contributed by atoms with E-state index < -0.39 is 40.5 Å². The van der Waals surface area contributed by atoms with Crippen molar-refractivity contribution >= 4 is 29.1 Å². The van der Waals surface area contributed by atoms with E-state index in [0.717, 1.165) is 24.3 Å². The molecule has 0 aliphatic heterocycles. The molecule has 0 aromatic heterocycles. The summed E-state index contributed by atoms with van der Waals surface area (Å²) in [5.41, 5.74) is -0.208. The summed E-state index contributed by atoms with van der Waals surface area (Å²) in [5, 5.41) is 15.8. The van der Waals surface area contributed by atoms with Gasteiger partial charge in [-0.1, -0.05) is 31.5 Å². The summed E-state index contributed by atoms with van der Waals surface area (Å²) in [6.07, 6.45) is 0. The number of carbonyl (C=O) groups is 2. The number of benzene rings is 2. The van der Waals surface area contributed by atoms with E-state index >= 15 is 0 Å². The van der Waals surface area contributed by atoms with Crippen LogP contribution in [0.1, 0.15) is 42.7 Å². The van der Waals surface area contributed by atoms with E-state index in [9.17, 15) is 28.5 Å². The summed E-state index contributed by atoms with van der Waals surface area (Å²) in [4.78, 5) is 35.4. The van der Waals surface area contributed by atoms with Gasteiger partial charge in [-0.25, -0.2) is 8.78 Å². The average Bonchev–Trinajstić information content (AvgIpc) is 2.65. The molecule has 7 nitrogen and oxygen atoms in total. The molecule has 2 amide bonds. The molecule has 0 aliphatic rings. The van der Waals surface area contributed by atoms with Gasteiger partial charge in [0.1, 0.15) is 17.7 Å². The van der Waals surface area contributed by atoms with E-state index in [1.807, 2.05) is 0 Å². The van der Waals surface area contributed by atoms with E-state index in [4.69, 9.17) is 11.6 Å². The Morgan fingerprint density at radius 3 is 2.27 bits per heavy atom. The topological polar surface area (TPSA) is 101 Å². The lowest BCUT2D eigenvalue weighted by atomic mass is 10.0. The van der Waals surface area contributed by atoms with Crippen molar-refractivity contribution in [2.75, 3.05) is 0 Å². The summed E-state index contributed by atoms with van der Waals surface area (Å²) in [5.74, 6) is -3.14. The van der Waals surface area contributed by atoms with Gasteiger partial charge < -0.3 is 10.6 Å². The second-order valence-corrected chi connectivity index (χ2v) is 7.42. The Labute approximate surface area is 176 Å². The fourth-order valence-electron chi connectivity index (χ4n) is 2.79. The van der Waals surface area contributed by atoms with Gasteiger partial charge in [-0.05, 0) is 25.0 Å². The molecule has 30 heavy (non-hydrogen) atoms. The largest absolute Gasteiger partial charge is 0.348 e. The van der Waals surface area contributed by atoms with Crippen LogP contribution in [0.2, 0.25) is 5.02 Å². The number of nitro groups is 1. The van der Waals surface area contributed by atoms with Crippen molar-refractivity contribution in [3.05, 3.63) is 74.3 Å². The molecule has 10 heteroatoms. The van der Waals surface area contributed by atoms with Crippen LogP contribution in [-0.4, -0.2) is 22.8 Å². The molecular weight excluding hydrogens is 420 g/mol. The van der Waals surface area contributed by atoms with Gasteiger partial charge in [0.15, 0.2) is 0 Å². The Hall–Kier alpha value is -3.07. The van der Waals surface area contributed by atoms with E-state index in [2.05, 4.69) is 10.6 Å². The van der Waals surface area contributed by atoms with Crippen LogP contribution in [0.4, 0.5) is 14.5 Å². The monoisotopic (exact) mass is 439 g/mol. The zero-order valence-corrected chi connectivity index (χ0v) is 17.2. The van der Waals surface area contributed by atoms with Gasteiger partial charge in [0.25, 0.3) is 11.6 Å². The average molecular weight is 440 g/mol. The molecule has 0 fully saturated rings. The van der Waals surface area contributed by atoms with E-state index in [1.165, 1.54) is 19.1 Å². The molecule has 2 rings (SSSR count). The molecule has 0 radical (unpaired) electrons. The van der Waals surface area contributed by atoms with Gasteiger partial charge in [0, 0.05) is 23.8 Å². The Bertz CT molecular complexity index is 985. The first-order chi connectivity index (χ1) is 14.0. The molecule has 2 N–H and O–H groups in total. The molecule has 0 heterocycles. The number of carbonyl (C=O) groups excluding carboxylic acids is 2. The summed E-state index contributed by atoms with van der Waals surface area (Å²) in [7, 11) is 0. The molecule has 2 unspecified atom stereocenters. The molecule has 0 saturated heterocycles. The highest BCUT2D eigenvalue weighted by Gasteiger charge is 2.27. The van der Waals surface area contributed by atoms with E-state index in [0.29, 0.717) is 0 Å². The predicted octanol–water partition coefficient (Wildman–Crippen LogP) is 4.16. The minimum atomic E-state index is -0.991. The first-order valence-corrected chi connectivity index (χ1v) is 9.39. The van der Waals surface area contributed by atoms with Gasteiger partial charge in [-0.2, -0.15) is 0 Å². The maximum atomic E-state index is 14.0. The second kappa shape index (κ2) is 9.62. The van der Waals surface area contributed by atoms with Crippen molar-refractivity contribution in [3.63, 3.8) is 0 Å². The summed E-state index contributed by atoms with van der Waals surface area (Å²) >= 11 is 5.97. The van der Waals surface area contributed by atoms with Gasteiger partial charge in [0.05, 0.1) is 21.6 Å². The third kappa shape index (κ3) is 5.50. The highest BCUT2D eigenvalue weighted by molar-refractivity contribution is 6.34. The molecule has 0 aliphatic carbocycles. The first kappa shape index (κ1) is 23.2. The third-order valence-electron chi connectivity index (χ3n) is 4.43. The number of hydrogen-bond donors (Lipinski definition) is 2. The van der Waals surface area contributed by atoms with Crippen LogP contribution in [0, 0.1) is 27.7 Å². The van der Waals surface area contributed by atoms with E-state index in [1.54, 1.807) is 13.8 Å². The molecule has 2 aromatic carbocycles. The number of rotatable bonds is 7. The van der Waals surface area contributed by atoms with Crippen LogP contribution in [0.5, 0.6) is 0 Å². The molecule has 2 atom stereocenters. The summed E-state index contributed by atoms with van der Waals surface area (Å²) in [6.45, 7) is 4.93. The van der Waals surface area contributed by atoms with E-state index in [-0.39, 0.29) is 27.8 Å². The maximum absolute atomic E-state index is 14.0. The van der Waals surface area contributed by atoms with Crippen molar-refractivity contribution < 1.29 is 23.3 Å². The highest BCUT2D eigenvalue weighted by Crippen LogP contribution is 2.23. The van der Waals surface area contributed by atoms with Crippen LogP contribution >= 0.6 is 11.6 Å². The number of nitro benzene ring substituents is 1. The Morgan fingerprint density at radius 1 is 1.07 bits per heavy atom. The van der Waals surface area contributed by atoms with Crippen LogP contribution in [0.25, 0.3) is 0 Å². The molecule has 0 bridgehead atoms. The fraction of sp³-hybridized carbons (Fsp3) is 0.300. The Kier molecular flexibility index (Phi) is 7.44. The third-order valence-corrected chi connectivity index (χ3v) is 4.74. The van der Waals surface area contributed by atoms with Crippen molar-refractivity contribution in [3.8, 4) is 0 Å². The first-order valence-electron chi connectivity index (χ1n) is 9.01. The highest BCUT2D eigenvalue weighted by atomic mass is 35.5. The van der Waals surface area contributed by atoms with Gasteiger partial charge in [-0.15, -0.1) is 0 Å². The SMILES string of the molecule is CC(NC(=O)C(NC(=O)c1ccc([N+](=O)[O-])cc1Cl)C(C)C)c1ccc(F)cc1F. The number of non-ortho nitro benzene ring substituents is 1. The number of nitrogens with zero attached hydrogens (tertiary/aromatic N) is 1.